The van der Waals surface area contributed by atoms with E-state index in [-0.39, 0.29) is 0 Å². The van der Waals surface area contributed by atoms with Crippen LogP contribution >= 0.6 is 23.5 Å². The summed E-state index contributed by atoms with van der Waals surface area (Å²) in [5.74, 6) is 1.34. The number of thioether (sulfide) groups is 2. The summed E-state index contributed by atoms with van der Waals surface area (Å²) in [6, 6.07) is 9.42. The second-order valence-corrected chi connectivity index (χ2v) is 8.60. The quantitative estimate of drug-likeness (QED) is 0.806. The molecule has 3 rings (SSSR count). The Morgan fingerprint density at radius 1 is 1.32 bits per heavy atom. The molecule has 2 aliphatic rings. The Morgan fingerprint density at radius 2 is 2.14 bits per heavy atom. The fourth-order valence-corrected chi connectivity index (χ4v) is 4.91. The largest absolute Gasteiger partial charge is 0.302 e. The Morgan fingerprint density at radius 3 is 2.82 bits per heavy atom. The standard InChI is InChI=1S/C17H27N3S2/c1-20-11-16(13-5-7-14(21-2)8-6-13)19-17(12-20)18-10-15-4-3-9-22-15/h5-8,15-19H,3-4,9-12H2,1-2H3. The summed E-state index contributed by atoms with van der Waals surface area (Å²) in [4.78, 5) is 3.77. The van der Waals surface area contributed by atoms with Crippen LogP contribution in [0, 0.1) is 0 Å². The summed E-state index contributed by atoms with van der Waals surface area (Å²) in [5, 5.41) is 8.34. The first-order valence-corrected chi connectivity index (χ1v) is 10.5. The second kappa shape index (κ2) is 8.06. The van der Waals surface area contributed by atoms with Crippen LogP contribution in [-0.2, 0) is 0 Å². The van der Waals surface area contributed by atoms with E-state index in [0.717, 1.165) is 24.9 Å². The van der Waals surface area contributed by atoms with Crippen molar-refractivity contribution in [3.63, 3.8) is 0 Å². The smallest absolute Gasteiger partial charge is 0.0708 e. The molecule has 0 amide bonds. The number of likely N-dealkylation sites (N-methyl/N-ethyl adjacent to an activating group) is 1. The first kappa shape index (κ1) is 16.7. The van der Waals surface area contributed by atoms with Gasteiger partial charge in [0.25, 0.3) is 0 Å². The van der Waals surface area contributed by atoms with Gasteiger partial charge in [-0.1, -0.05) is 12.1 Å². The Kier molecular flexibility index (Phi) is 6.10. The van der Waals surface area contributed by atoms with Gasteiger partial charge < -0.3 is 4.90 Å². The van der Waals surface area contributed by atoms with E-state index in [2.05, 4.69) is 64.9 Å². The number of hydrogen-bond acceptors (Lipinski definition) is 5. The highest BCUT2D eigenvalue weighted by molar-refractivity contribution is 8.00. The van der Waals surface area contributed by atoms with Gasteiger partial charge in [-0.3, -0.25) is 10.6 Å². The molecule has 1 aromatic carbocycles. The maximum atomic E-state index is 3.79. The van der Waals surface area contributed by atoms with Crippen molar-refractivity contribution < 1.29 is 0 Å². The van der Waals surface area contributed by atoms with Crippen LogP contribution in [0.5, 0.6) is 0 Å². The summed E-state index contributed by atoms with van der Waals surface area (Å²) in [7, 11) is 2.23. The van der Waals surface area contributed by atoms with Crippen LogP contribution in [0.1, 0.15) is 24.4 Å². The molecule has 3 atom stereocenters. The molecule has 2 fully saturated rings. The molecule has 2 aliphatic heterocycles. The highest BCUT2D eigenvalue weighted by Crippen LogP contribution is 2.26. The van der Waals surface area contributed by atoms with E-state index < -0.39 is 0 Å². The van der Waals surface area contributed by atoms with Gasteiger partial charge in [0.2, 0.25) is 0 Å². The molecule has 1 aromatic rings. The zero-order valence-corrected chi connectivity index (χ0v) is 15.2. The Labute approximate surface area is 143 Å². The van der Waals surface area contributed by atoms with Gasteiger partial charge in [-0.15, -0.1) is 11.8 Å². The topological polar surface area (TPSA) is 27.3 Å². The molecule has 2 N–H and O–H groups in total. The molecule has 3 nitrogen and oxygen atoms in total. The number of benzene rings is 1. The fraction of sp³-hybridized carbons (Fsp3) is 0.647. The molecule has 0 radical (unpaired) electrons. The molecule has 3 unspecified atom stereocenters. The van der Waals surface area contributed by atoms with Crippen molar-refractivity contribution in [3.05, 3.63) is 29.8 Å². The molecule has 5 heteroatoms. The van der Waals surface area contributed by atoms with Crippen LogP contribution in [0.3, 0.4) is 0 Å². The Hall–Kier alpha value is -0.200. The average molecular weight is 338 g/mol. The molecular weight excluding hydrogens is 310 g/mol. The second-order valence-electron chi connectivity index (χ2n) is 6.31. The van der Waals surface area contributed by atoms with Crippen LogP contribution in [0.2, 0.25) is 0 Å². The SMILES string of the molecule is CSc1ccc(C2CN(C)CC(NCC3CCCS3)N2)cc1. The van der Waals surface area contributed by atoms with E-state index in [1.807, 2.05) is 0 Å². The first-order valence-electron chi connectivity index (χ1n) is 8.18. The molecular formula is C17H27N3S2. The van der Waals surface area contributed by atoms with Crippen molar-refractivity contribution in [3.8, 4) is 0 Å². The Bertz CT molecular complexity index is 459. The lowest BCUT2D eigenvalue weighted by atomic mass is 10.0. The maximum Gasteiger partial charge on any atom is 0.0708 e. The summed E-state index contributed by atoms with van der Waals surface area (Å²) in [5.41, 5.74) is 1.39. The van der Waals surface area contributed by atoms with Crippen molar-refractivity contribution in [2.45, 2.75) is 35.2 Å². The fourth-order valence-electron chi connectivity index (χ4n) is 3.29. The highest BCUT2D eigenvalue weighted by Gasteiger charge is 2.26. The van der Waals surface area contributed by atoms with E-state index in [4.69, 9.17) is 0 Å². The lowest BCUT2D eigenvalue weighted by molar-refractivity contribution is 0.172. The normalized spacial score (nSPS) is 29.8. The monoisotopic (exact) mass is 337 g/mol. The summed E-state index contributed by atoms with van der Waals surface area (Å²) in [6.45, 7) is 3.29. The van der Waals surface area contributed by atoms with Gasteiger partial charge in [-0.25, -0.2) is 0 Å². The van der Waals surface area contributed by atoms with E-state index in [9.17, 15) is 0 Å². The Balaban J connectivity index is 1.57. The summed E-state index contributed by atoms with van der Waals surface area (Å²) in [6.07, 6.45) is 5.28. The van der Waals surface area contributed by atoms with Crippen molar-refractivity contribution in [2.24, 2.45) is 0 Å². The van der Waals surface area contributed by atoms with Crippen molar-refractivity contribution in [2.75, 3.05) is 38.7 Å². The van der Waals surface area contributed by atoms with Crippen LogP contribution in [0.4, 0.5) is 0 Å². The van der Waals surface area contributed by atoms with Crippen molar-refractivity contribution >= 4 is 23.5 Å². The molecule has 0 aromatic heterocycles. The lowest BCUT2D eigenvalue weighted by Gasteiger charge is -2.38. The van der Waals surface area contributed by atoms with Gasteiger partial charge in [-0.2, -0.15) is 11.8 Å². The average Bonchev–Trinajstić information content (AvgIpc) is 3.06. The van der Waals surface area contributed by atoms with Crippen molar-refractivity contribution in [1.29, 1.82) is 0 Å². The highest BCUT2D eigenvalue weighted by atomic mass is 32.2. The lowest BCUT2D eigenvalue weighted by Crippen LogP contribution is -2.58. The maximum absolute atomic E-state index is 3.79. The van der Waals surface area contributed by atoms with Gasteiger partial charge >= 0.3 is 0 Å². The third-order valence-electron chi connectivity index (χ3n) is 4.52. The van der Waals surface area contributed by atoms with Crippen LogP contribution < -0.4 is 10.6 Å². The van der Waals surface area contributed by atoms with Crippen LogP contribution in [0.25, 0.3) is 0 Å². The third kappa shape index (κ3) is 4.42. The predicted octanol–water partition coefficient (Wildman–Crippen LogP) is 2.80. The number of nitrogens with zero attached hydrogens (tertiary/aromatic N) is 1. The van der Waals surface area contributed by atoms with Crippen LogP contribution in [0.15, 0.2) is 29.2 Å². The van der Waals surface area contributed by atoms with Gasteiger partial charge in [0.05, 0.1) is 6.17 Å². The van der Waals surface area contributed by atoms with Gasteiger partial charge in [0.15, 0.2) is 0 Å². The molecule has 0 bridgehead atoms. The predicted molar refractivity (Wildman–Crippen MR) is 98.9 cm³/mol. The number of hydrogen-bond donors (Lipinski definition) is 2. The molecule has 0 saturated carbocycles. The first-order chi connectivity index (χ1) is 10.7. The molecule has 2 heterocycles. The number of piperazine rings is 1. The minimum atomic E-state index is 0.394. The zero-order valence-electron chi connectivity index (χ0n) is 13.5. The molecule has 2 saturated heterocycles. The van der Waals surface area contributed by atoms with E-state index in [1.165, 1.54) is 29.1 Å². The minimum Gasteiger partial charge on any atom is -0.302 e. The van der Waals surface area contributed by atoms with Crippen LogP contribution in [-0.4, -0.2) is 55.0 Å². The van der Waals surface area contributed by atoms with Gasteiger partial charge in [-0.05, 0) is 49.6 Å². The van der Waals surface area contributed by atoms with E-state index in [0.29, 0.717) is 12.2 Å². The summed E-state index contributed by atoms with van der Waals surface area (Å²) < 4.78 is 0. The van der Waals surface area contributed by atoms with Crippen molar-refractivity contribution in [1.82, 2.24) is 15.5 Å². The number of rotatable bonds is 5. The van der Waals surface area contributed by atoms with E-state index in [1.54, 1.807) is 11.8 Å². The van der Waals surface area contributed by atoms with E-state index >= 15 is 0 Å². The summed E-state index contributed by atoms with van der Waals surface area (Å²) >= 11 is 3.93. The molecule has 122 valence electrons. The van der Waals surface area contributed by atoms with Gasteiger partial charge in [0, 0.05) is 35.8 Å². The number of nitrogens with one attached hydrogen (secondary N) is 2. The third-order valence-corrected chi connectivity index (χ3v) is 6.67. The molecule has 0 spiro atoms. The zero-order chi connectivity index (χ0) is 15.4. The minimum absolute atomic E-state index is 0.394. The molecule has 0 aliphatic carbocycles. The van der Waals surface area contributed by atoms with Gasteiger partial charge in [0.1, 0.15) is 0 Å². The molecule has 22 heavy (non-hydrogen) atoms.